The Labute approximate surface area is 163 Å². The number of nitrogens with zero attached hydrogens (tertiary/aromatic N) is 1. The van der Waals surface area contributed by atoms with Crippen LogP contribution in [0.1, 0.15) is 19.4 Å². The third kappa shape index (κ3) is 5.51. The van der Waals surface area contributed by atoms with E-state index < -0.39 is 10.0 Å². The fourth-order valence-electron chi connectivity index (χ4n) is 2.19. The van der Waals surface area contributed by atoms with Gasteiger partial charge in [-0.15, -0.1) is 0 Å². The third-order valence-electron chi connectivity index (χ3n) is 3.37. The number of methoxy groups -OCH3 is 2. The molecule has 0 radical (unpaired) electrons. The average Bonchev–Trinajstić information content (AvgIpc) is 2.62. The van der Waals surface area contributed by atoms with Crippen molar-refractivity contribution in [2.45, 2.75) is 24.8 Å². The van der Waals surface area contributed by atoms with E-state index in [1.54, 1.807) is 18.2 Å². The lowest BCUT2D eigenvalue weighted by molar-refractivity contribution is 0.242. The predicted molar refractivity (Wildman–Crippen MR) is 105 cm³/mol. The third-order valence-corrected chi connectivity index (χ3v) is 4.87. The van der Waals surface area contributed by atoms with Crippen LogP contribution in [0.4, 0.5) is 0 Å². The van der Waals surface area contributed by atoms with Crippen LogP contribution in [-0.2, 0) is 10.0 Å². The first-order valence-corrected chi connectivity index (χ1v) is 9.86. The molecule has 0 amide bonds. The van der Waals surface area contributed by atoms with Gasteiger partial charge >= 0.3 is 0 Å². The molecule has 0 fully saturated rings. The summed E-state index contributed by atoms with van der Waals surface area (Å²) in [6.45, 7) is 3.77. The molecule has 146 valence electrons. The molecule has 0 unspecified atom stereocenters. The molecular weight excluding hydrogens is 392 g/mol. The lowest BCUT2D eigenvalue weighted by atomic mass is 10.2. The van der Waals surface area contributed by atoms with E-state index in [1.807, 2.05) is 13.8 Å². The van der Waals surface area contributed by atoms with Crippen LogP contribution in [-0.4, -0.2) is 35.0 Å². The molecule has 0 heterocycles. The molecule has 9 heteroatoms. The van der Waals surface area contributed by atoms with Crippen molar-refractivity contribution < 1.29 is 22.6 Å². The molecule has 7 nitrogen and oxygen atoms in total. The van der Waals surface area contributed by atoms with E-state index in [4.69, 9.17) is 25.8 Å². The summed E-state index contributed by atoms with van der Waals surface area (Å²) in [6.07, 6.45) is 1.27. The van der Waals surface area contributed by atoms with E-state index >= 15 is 0 Å². The maximum absolute atomic E-state index is 12.5. The summed E-state index contributed by atoms with van der Waals surface area (Å²) in [7, 11) is -1.09. The normalized spacial score (nSPS) is 11.6. The molecule has 0 spiro atoms. The Hall–Kier alpha value is -2.45. The lowest BCUT2D eigenvalue weighted by Crippen LogP contribution is -2.19. The molecular formula is C18H21ClN2O5S. The second kappa shape index (κ2) is 8.96. The van der Waals surface area contributed by atoms with Crippen LogP contribution in [0.15, 0.2) is 46.4 Å². The molecule has 0 aliphatic rings. The van der Waals surface area contributed by atoms with Gasteiger partial charge in [0.2, 0.25) is 0 Å². The maximum Gasteiger partial charge on any atom is 0.280 e. The summed E-state index contributed by atoms with van der Waals surface area (Å²) in [5, 5.41) is 4.31. The van der Waals surface area contributed by atoms with Gasteiger partial charge in [-0.2, -0.15) is 18.4 Å². The van der Waals surface area contributed by atoms with Crippen LogP contribution >= 0.6 is 11.6 Å². The van der Waals surface area contributed by atoms with Gasteiger partial charge in [-0.05, 0) is 44.2 Å². The Morgan fingerprint density at radius 1 is 1.07 bits per heavy atom. The Balaban J connectivity index is 2.27. The number of sulfonamides is 1. The number of ether oxygens (including phenoxy) is 3. The fraction of sp³-hybridized carbons (Fsp3) is 0.278. The van der Waals surface area contributed by atoms with Crippen LogP contribution < -0.4 is 19.0 Å². The lowest BCUT2D eigenvalue weighted by Gasteiger charge is -2.12. The van der Waals surface area contributed by atoms with Crippen LogP contribution in [0.5, 0.6) is 17.2 Å². The SMILES string of the molecule is COc1ccc(S(=O)(=O)NN=Cc2cc(Cl)ccc2OC(C)C)c(OC)c1. The van der Waals surface area contributed by atoms with E-state index in [9.17, 15) is 8.42 Å². The summed E-state index contributed by atoms with van der Waals surface area (Å²) < 4.78 is 40.9. The first kappa shape index (κ1) is 20.9. The molecule has 2 aromatic carbocycles. The molecule has 0 aliphatic carbocycles. The van der Waals surface area contributed by atoms with E-state index in [1.165, 1.54) is 38.6 Å². The smallest absolute Gasteiger partial charge is 0.280 e. The largest absolute Gasteiger partial charge is 0.497 e. The van der Waals surface area contributed by atoms with Crippen molar-refractivity contribution in [2.24, 2.45) is 5.10 Å². The zero-order valence-electron chi connectivity index (χ0n) is 15.4. The van der Waals surface area contributed by atoms with Gasteiger partial charge in [0.1, 0.15) is 22.1 Å². The topological polar surface area (TPSA) is 86.2 Å². The Bertz CT molecular complexity index is 929. The van der Waals surface area contributed by atoms with E-state index in [2.05, 4.69) is 9.93 Å². The highest BCUT2D eigenvalue weighted by molar-refractivity contribution is 7.89. The minimum absolute atomic E-state index is 0.0569. The van der Waals surface area contributed by atoms with Crippen molar-refractivity contribution in [3.05, 3.63) is 47.0 Å². The van der Waals surface area contributed by atoms with Gasteiger partial charge in [-0.3, -0.25) is 0 Å². The number of halogens is 1. The molecule has 0 aliphatic heterocycles. The Morgan fingerprint density at radius 2 is 1.81 bits per heavy atom. The van der Waals surface area contributed by atoms with Gasteiger partial charge in [0, 0.05) is 16.7 Å². The number of nitrogens with one attached hydrogen (secondary N) is 1. The number of hydrazone groups is 1. The predicted octanol–water partition coefficient (Wildman–Crippen LogP) is 3.46. The van der Waals surface area contributed by atoms with E-state index in [-0.39, 0.29) is 16.7 Å². The van der Waals surface area contributed by atoms with Crippen molar-refractivity contribution >= 4 is 27.8 Å². The standard InChI is InChI=1S/C18H21ClN2O5S/c1-12(2)26-16-7-5-14(19)9-13(16)11-20-21-27(22,23)18-8-6-15(24-3)10-17(18)25-4/h5-12,21H,1-4H3. The summed E-state index contributed by atoms with van der Waals surface area (Å²) in [5.41, 5.74) is 0.542. The highest BCUT2D eigenvalue weighted by atomic mass is 35.5. The molecule has 0 aromatic heterocycles. The number of rotatable bonds is 8. The minimum atomic E-state index is -3.95. The van der Waals surface area contributed by atoms with Gasteiger partial charge < -0.3 is 14.2 Å². The molecule has 0 atom stereocenters. The molecule has 2 rings (SSSR count). The number of hydrogen-bond acceptors (Lipinski definition) is 6. The van der Waals surface area contributed by atoms with Crippen molar-refractivity contribution in [3.8, 4) is 17.2 Å². The molecule has 1 N–H and O–H groups in total. The maximum atomic E-state index is 12.5. The highest BCUT2D eigenvalue weighted by Gasteiger charge is 2.19. The molecule has 2 aromatic rings. The van der Waals surface area contributed by atoms with Crippen molar-refractivity contribution in [1.29, 1.82) is 0 Å². The average molecular weight is 413 g/mol. The highest BCUT2D eigenvalue weighted by Crippen LogP contribution is 2.28. The Morgan fingerprint density at radius 3 is 2.44 bits per heavy atom. The second-order valence-electron chi connectivity index (χ2n) is 5.72. The minimum Gasteiger partial charge on any atom is -0.497 e. The van der Waals surface area contributed by atoms with Gasteiger partial charge in [0.05, 0.1) is 26.5 Å². The molecule has 0 saturated heterocycles. The van der Waals surface area contributed by atoms with Crippen molar-refractivity contribution in [1.82, 2.24) is 4.83 Å². The fourth-order valence-corrected chi connectivity index (χ4v) is 3.32. The van der Waals surface area contributed by atoms with Crippen LogP contribution in [0.3, 0.4) is 0 Å². The van der Waals surface area contributed by atoms with E-state index in [0.717, 1.165) is 0 Å². The van der Waals surface area contributed by atoms with Gasteiger partial charge in [0.15, 0.2) is 0 Å². The summed E-state index contributed by atoms with van der Waals surface area (Å²) in [4.78, 5) is 2.10. The molecule has 27 heavy (non-hydrogen) atoms. The molecule has 0 saturated carbocycles. The Kier molecular flexibility index (Phi) is 6.92. The summed E-state index contributed by atoms with van der Waals surface area (Å²) in [5.74, 6) is 1.16. The zero-order chi connectivity index (χ0) is 20.0. The summed E-state index contributed by atoms with van der Waals surface area (Å²) >= 11 is 6.00. The van der Waals surface area contributed by atoms with E-state index in [0.29, 0.717) is 22.1 Å². The zero-order valence-corrected chi connectivity index (χ0v) is 17.0. The van der Waals surface area contributed by atoms with Crippen LogP contribution in [0.25, 0.3) is 0 Å². The monoisotopic (exact) mass is 412 g/mol. The second-order valence-corrected chi connectivity index (χ2v) is 7.78. The first-order valence-electron chi connectivity index (χ1n) is 8.00. The van der Waals surface area contributed by atoms with Crippen LogP contribution in [0.2, 0.25) is 5.02 Å². The number of benzene rings is 2. The van der Waals surface area contributed by atoms with Crippen molar-refractivity contribution in [3.63, 3.8) is 0 Å². The van der Waals surface area contributed by atoms with Crippen LogP contribution in [0, 0.1) is 0 Å². The van der Waals surface area contributed by atoms with Gasteiger partial charge in [0.25, 0.3) is 10.0 Å². The quantitative estimate of drug-likeness (QED) is 0.530. The van der Waals surface area contributed by atoms with Gasteiger partial charge in [-0.25, -0.2) is 0 Å². The first-order chi connectivity index (χ1) is 12.8. The summed E-state index contributed by atoms with van der Waals surface area (Å²) in [6, 6.07) is 9.39. The van der Waals surface area contributed by atoms with Gasteiger partial charge in [-0.1, -0.05) is 11.6 Å². The van der Waals surface area contributed by atoms with Crippen molar-refractivity contribution in [2.75, 3.05) is 14.2 Å². The molecule has 0 bridgehead atoms. The number of hydrogen-bond donors (Lipinski definition) is 1.